The third-order valence-corrected chi connectivity index (χ3v) is 5.44. The average Bonchev–Trinajstić information content (AvgIpc) is 3.13. The van der Waals surface area contributed by atoms with Crippen LogP contribution in [0.15, 0.2) is 24.3 Å². The van der Waals surface area contributed by atoms with Crippen molar-refractivity contribution in [1.82, 2.24) is 4.90 Å². The van der Waals surface area contributed by atoms with E-state index in [1.807, 2.05) is 0 Å². The van der Waals surface area contributed by atoms with Crippen LogP contribution >= 0.6 is 0 Å². The molecule has 3 nitrogen and oxygen atoms in total. The zero-order valence-corrected chi connectivity index (χ0v) is 12.7. The fourth-order valence-corrected chi connectivity index (χ4v) is 4.12. The van der Waals surface area contributed by atoms with Gasteiger partial charge in [-0.2, -0.15) is 0 Å². The molecule has 114 valence electrons. The van der Waals surface area contributed by atoms with Gasteiger partial charge < -0.3 is 9.47 Å². The Labute approximate surface area is 127 Å². The highest BCUT2D eigenvalue weighted by Crippen LogP contribution is 2.39. The molecule has 1 aromatic carbocycles. The summed E-state index contributed by atoms with van der Waals surface area (Å²) >= 11 is 0. The van der Waals surface area contributed by atoms with Gasteiger partial charge in [0.1, 0.15) is 0 Å². The Hall–Kier alpha value is -0.900. The van der Waals surface area contributed by atoms with Gasteiger partial charge in [0.25, 0.3) is 0 Å². The van der Waals surface area contributed by atoms with Crippen LogP contribution in [0.4, 0.5) is 0 Å². The zero-order chi connectivity index (χ0) is 14.1. The fraction of sp³-hybridized carbons (Fsp3) is 0.667. The van der Waals surface area contributed by atoms with Crippen molar-refractivity contribution < 1.29 is 9.47 Å². The molecule has 0 N–H and O–H groups in total. The molecule has 21 heavy (non-hydrogen) atoms. The van der Waals surface area contributed by atoms with Crippen LogP contribution in [-0.4, -0.2) is 30.4 Å². The second-order valence-electron chi connectivity index (χ2n) is 6.82. The van der Waals surface area contributed by atoms with Crippen LogP contribution < -0.4 is 0 Å². The maximum atomic E-state index is 5.82. The smallest absolute Gasteiger partial charge is 0.168 e. The van der Waals surface area contributed by atoms with Crippen molar-refractivity contribution in [3.63, 3.8) is 0 Å². The van der Waals surface area contributed by atoms with Crippen molar-refractivity contribution in [2.75, 3.05) is 19.8 Å². The van der Waals surface area contributed by atoms with Crippen LogP contribution in [0.25, 0.3) is 0 Å². The summed E-state index contributed by atoms with van der Waals surface area (Å²) in [6.45, 7) is 5.08. The molecule has 2 fully saturated rings. The largest absolute Gasteiger partial charge is 0.348 e. The number of ether oxygens (including phenoxy) is 2. The molecule has 0 radical (unpaired) electrons. The summed E-state index contributed by atoms with van der Waals surface area (Å²) in [6.07, 6.45) is 6.04. The first kappa shape index (κ1) is 13.7. The molecule has 1 spiro atoms. The first-order valence-corrected chi connectivity index (χ1v) is 8.40. The van der Waals surface area contributed by atoms with Crippen molar-refractivity contribution in [2.45, 2.75) is 51.0 Å². The molecule has 0 atom stereocenters. The van der Waals surface area contributed by atoms with E-state index in [-0.39, 0.29) is 5.79 Å². The second kappa shape index (κ2) is 5.71. The number of nitrogens with zero attached hydrogens (tertiary/aromatic N) is 1. The summed E-state index contributed by atoms with van der Waals surface area (Å²) in [6, 6.07) is 8.86. The van der Waals surface area contributed by atoms with Gasteiger partial charge in [-0.15, -0.1) is 0 Å². The Bertz CT molecular complexity index is 461. The first-order chi connectivity index (χ1) is 10.3. The van der Waals surface area contributed by atoms with Gasteiger partial charge >= 0.3 is 0 Å². The molecule has 3 heteroatoms. The van der Waals surface area contributed by atoms with E-state index in [0.717, 1.165) is 45.1 Å². The second-order valence-corrected chi connectivity index (χ2v) is 6.82. The molecular weight excluding hydrogens is 262 g/mol. The predicted octanol–water partition coefficient (Wildman–Crippen LogP) is 3.33. The highest BCUT2D eigenvalue weighted by molar-refractivity contribution is 5.30. The minimum Gasteiger partial charge on any atom is -0.348 e. The molecule has 4 rings (SSSR count). The number of hydrogen-bond acceptors (Lipinski definition) is 3. The quantitative estimate of drug-likeness (QED) is 0.851. The monoisotopic (exact) mass is 287 g/mol. The van der Waals surface area contributed by atoms with E-state index in [2.05, 4.69) is 29.2 Å². The Kier molecular flexibility index (Phi) is 3.74. The lowest BCUT2D eigenvalue weighted by Gasteiger charge is -2.35. The molecule has 0 bridgehead atoms. The van der Waals surface area contributed by atoms with E-state index in [9.17, 15) is 0 Å². The van der Waals surface area contributed by atoms with Crippen LogP contribution in [0.1, 0.15) is 43.2 Å². The fourth-order valence-electron chi connectivity index (χ4n) is 4.12. The lowest BCUT2D eigenvalue weighted by atomic mass is 9.83. The van der Waals surface area contributed by atoms with E-state index < -0.39 is 0 Å². The van der Waals surface area contributed by atoms with Crippen LogP contribution in [0.3, 0.4) is 0 Å². The van der Waals surface area contributed by atoms with E-state index in [1.54, 1.807) is 0 Å². The van der Waals surface area contributed by atoms with Crippen molar-refractivity contribution in [1.29, 1.82) is 0 Å². The van der Waals surface area contributed by atoms with Gasteiger partial charge in [-0.3, -0.25) is 4.90 Å². The predicted molar refractivity (Wildman–Crippen MR) is 81.8 cm³/mol. The summed E-state index contributed by atoms with van der Waals surface area (Å²) in [5.41, 5.74) is 3.04. The maximum Gasteiger partial charge on any atom is 0.168 e. The molecule has 1 saturated heterocycles. The van der Waals surface area contributed by atoms with Gasteiger partial charge in [0, 0.05) is 25.9 Å². The van der Waals surface area contributed by atoms with Gasteiger partial charge in [0.2, 0.25) is 0 Å². The number of benzene rings is 1. The highest BCUT2D eigenvalue weighted by atomic mass is 16.7. The first-order valence-electron chi connectivity index (χ1n) is 8.40. The van der Waals surface area contributed by atoms with Gasteiger partial charge in [0.15, 0.2) is 5.79 Å². The molecule has 1 aromatic rings. The van der Waals surface area contributed by atoms with Gasteiger partial charge in [0.05, 0.1) is 13.2 Å². The van der Waals surface area contributed by atoms with Gasteiger partial charge in [-0.1, -0.05) is 24.3 Å². The van der Waals surface area contributed by atoms with E-state index in [1.165, 1.54) is 36.9 Å². The molecule has 0 aromatic heterocycles. The molecule has 0 unspecified atom stereocenters. The molecule has 2 heterocycles. The van der Waals surface area contributed by atoms with Crippen LogP contribution in [0.2, 0.25) is 0 Å². The van der Waals surface area contributed by atoms with E-state index in [4.69, 9.17) is 9.47 Å². The number of hydrogen-bond donors (Lipinski definition) is 0. The van der Waals surface area contributed by atoms with Gasteiger partial charge in [-0.25, -0.2) is 0 Å². The molecule has 0 amide bonds. The van der Waals surface area contributed by atoms with Crippen molar-refractivity contribution >= 4 is 0 Å². The van der Waals surface area contributed by atoms with Crippen LogP contribution in [-0.2, 0) is 22.6 Å². The SMILES string of the molecule is c1ccc2c(c1)CN(CCC1CCC3(CC1)OCCO3)C2. The molecule has 1 saturated carbocycles. The molecule has 3 aliphatic rings. The Morgan fingerprint density at radius 1 is 1.00 bits per heavy atom. The third kappa shape index (κ3) is 2.87. The van der Waals surface area contributed by atoms with Crippen molar-refractivity contribution in [3.8, 4) is 0 Å². The Balaban J connectivity index is 1.24. The average molecular weight is 287 g/mol. The summed E-state index contributed by atoms with van der Waals surface area (Å²) in [5, 5.41) is 0. The van der Waals surface area contributed by atoms with Crippen LogP contribution in [0, 0.1) is 5.92 Å². The molecule has 2 aliphatic heterocycles. The summed E-state index contributed by atoms with van der Waals surface area (Å²) in [4.78, 5) is 2.59. The zero-order valence-electron chi connectivity index (χ0n) is 12.7. The standard InChI is InChI=1S/C18H25NO2/c1-2-4-17-14-19(13-16(17)3-1)10-7-15-5-8-18(9-6-15)20-11-12-21-18/h1-4,15H,5-14H2. The Morgan fingerprint density at radius 2 is 1.62 bits per heavy atom. The topological polar surface area (TPSA) is 21.7 Å². The van der Waals surface area contributed by atoms with Gasteiger partial charge in [-0.05, 0) is 42.9 Å². The van der Waals surface area contributed by atoms with E-state index in [0.29, 0.717) is 0 Å². The number of fused-ring (bicyclic) bond motifs is 1. The highest BCUT2D eigenvalue weighted by Gasteiger charge is 2.40. The minimum absolute atomic E-state index is 0.194. The summed E-state index contributed by atoms with van der Waals surface area (Å²) in [5.74, 6) is 0.660. The van der Waals surface area contributed by atoms with Crippen molar-refractivity contribution in [3.05, 3.63) is 35.4 Å². The lowest BCUT2D eigenvalue weighted by molar-refractivity contribution is -0.182. The number of rotatable bonds is 3. The molecular formula is C18H25NO2. The third-order valence-electron chi connectivity index (χ3n) is 5.44. The summed E-state index contributed by atoms with van der Waals surface area (Å²) < 4.78 is 11.6. The van der Waals surface area contributed by atoms with Crippen molar-refractivity contribution in [2.24, 2.45) is 5.92 Å². The maximum absolute atomic E-state index is 5.82. The summed E-state index contributed by atoms with van der Waals surface area (Å²) in [7, 11) is 0. The molecule has 1 aliphatic carbocycles. The lowest BCUT2D eigenvalue weighted by Crippen LogP contribution is -2.35. The Morgan fingerprint density at radius 3 is 2.24 bits per heavy atom. The van der Waals surface area contributed by atoms with Crippen LogP contribution in [0.5, 0.6) is 0 Å². The minimum atomic E-state index is -0.194. The van der Waals surface area contributed by atoms with E-state index >= 15 is 0 Å². The normalized spacial score (nSPS) is 25.5.